The number of aromatic nitrogens is 2. The largest absolute Gasteiger partial charge is 0.394 e. The quantitative estimate of drug-likeness (QED) is 0.175. The van der Waals surface area contributed by atoms with Crippen LogP contribution in [0, 0.1) is 0 Å². The molecule has 2 rings (SSSR count). The zero-order chi connectivity index (χ0) is 26.2. The van der Waals surface area contributed by atoms with Crippen LogP contribution in [0.5, 0.6) is 0 Å². The number of carbonyl (C=O) groups is 1. The van der Waals surface area contributed by atoms with E-state index in [0.29, 0.717) is 6.42 Å². The van der Waals surface area contributed by atoms with E-state index in [0.717, 1.165) is 36.7 Å². The smallest absolute Gasteiger partial charge is 0.351 e. The van der Waals surface area contributed by atoms with Crippen molar-refractivity contribution in [3.8, 4) is 0 Å². The molecule has 36 heavy (non-hydrogen) atoms. The molecule has 9 heteroatoms. The number of rotatable bonds is 18. The molecule has 1 fully saturated rings. The number of carbonyl (C=O) groups excluding carboxylic acids is 1. The Hall–Kier alpha value is -2.07. The van der Waals surface area contributed by atoms with Gasteiger partial charge in [-0.2, -0.15) is 4.98 Å². The first kappa shape index (κ1) is 30.2. The number of aliphatic hydroxyl groups is 3. The average molecular weight is 508 g/mol. The number of unbranched alkanes of at least 4 members (excludes halogenated alkanes) is 11. The van der Waals surface area contributed by atoms with Crippen LogP contribution in [0.15, 0.2) is 29.2 Å². The minimum atomic E-state index is -1.37. The minimum Gasteiger partial charge on any atom is -0.394 e. The predicted octanol–water partition coefficient (Wildman–Crippen LogP) is 3.83. The monoisotopic (exact) mass is 507 g/mol. The highest BCUT2D eigenvalue weighted by atomic mass is 16.6. The second-order valence-electron chi connectivity index (χ2n) is 9.61. The van der Waals surface area contributed by atoms with Crippen molar-refractivity contribution >= 4 is 11.7 Å². The molecule has 1 aromatic heterocycles. The van der Waals surface area contributed by atoms with Gasteiger partial charge in [0.15, 0.2) is 6.23 Å². The van der Waals surface area contributed by atoms with Gasteiger partial charge in [-0.25, -0.2) is 4.79 Å². The van der Waals surface area contributed by atoms with Crippen molar-refractivity contribution in [2.45, 2.75) is 121 Å². The number of amides is 1. The van der Waals surface area contributed by atoms with Crippen molar-refractivity contribution in [1.82, 2.24) is 9.55 Å². The molecular formula is C27H45N3O6. The second-order valence-corrected chi connectivity index (χ2v) is 9.61. The first-order valence-corrected chi connectivity index (χ1v) is 13.6. The molecule has 2 heterocycles. The molecule has 1 amide bonds. The van der Waals surface area contributed by atoms with E-state index >= 15 is 0 Å². The summed E-state index contributed by atoms with van der Waals surface area (Å²) in [6.07, 6.45) is 17.0. The van der Waals surface area contributed by atoms with Crippen molar-refractivity contribution in [2.75, 3.05) is 11.9 Å². The van der Waals surface area contributed by atoms with Gasteiger partial charge in [0, 0.05) is 12.6 Å². The Morgan fingerprint density at radius 2 is 1.61 bits per heavy atom. The summed E-state index contributed by atoms with van der Waals surface area (Å²) < 4.78 is 6.37. The molecule has 4 atom stereocenters. The lowest BCUT2D eigenvalue weighted by molar-refractivity contribution is -0.116. The van der Waals surface area contributed by atoms with Gasteiger partial charge in [0.1, 0.15) is 24.1 Å². The number of aliphatic hydroxyl groups excluding tert-OH is 3. The van der Waals surface area contributed by atoms with E-state index in [2.05, 4.69) is 29.4 Å². The van der Waals surface area contributed by atoms with Crippen LogP contribution < -0.4 is 11.0 Å². The van der Waals surface area contributed by atoms with Gasteiger partial charge in [-0.3, -0.25) is 9.36 Å². The van der Waals surface area contributed by atoms with Gasteiger partial charge in [-0.1, -0.05) is 70.4 Å². The van der Waals surface area contributed by atoms with Gasteiger partial charge in [-0.15, -0.1) is 0 Å². The van der Waals surface area contributed by atoms with E-state index in [1.165, 1.54) is 63.6 Å². The number of allylic oxidation sites excluding steroid dienone is 2. The lowest BCUT2D eigenvalue weighted by Gasteiger charge is -2.17. The summed E-state index contributed by atoms with van der Waals surface area (Å²) in [6.45, 7) is 1.76. The first-order valence-electron chi connectivity index (χ1n) is 13.6. The molecule has 0 unspecified atom stereocenters. The summed E-state index contributed by atoms with van der Waals surface area (Å²) in [5.41, 5.74) is -0.733. The van der Waals surface area contributed by atoms with Crippen LogP contribution in [0.4, 0.5) is 5.82 Å². The number of nitrogens with one attached hydrogen (secondary N) is 1. The van der Waals surface area contributed by atoms with Gasteiger partial charge in [0.25, 0.3) is 0 Å². The maximum Gasteiger partial charge on any atom is 0.351 e. The van der Waals surface area contributed by atoms with E-state index < -0.39 is 36.8 Å². The number of hydrogen-bond donors (Lipinski definition) is 4. The molecule has 0 aromatic carbocycles. The molecule has 1 aliphatic rings. The Balaban J connectivity index is 1.55. The molecule has 204 valence electrons. The van der Waals surface area contributed by atoms with E-state index in [4.69, 9.17) is 4.74 Å². The van der Waals surface area contributed by atoms with Gasteiger partial charge in [0.05, 0.1) is 6.61 Å². The first-order chi connectivity index (χ1) is 17.5. The van der Waals surface area contributed by atoms with Crippen LogP contribution in [0.2, 0.25) is 0 Å². The van der Waals surface area contributed by atoms with Crippen LogP contribution in [0.3, 0.4) is 0 Å². The molecule has 1 aromatic rings. The Labute approximate surface area is 214 Å². The number of nitrogens with zero attached hydrogens (tertiary/aromatic N) is 2. The normalized spacial score (nSPS) is 21.9. The van der Waals surface area contributed by atoms with Gasteiger partial charge in [-0.05, 0) is 38.2 Å². The van der Waals surface area contributed by atoms with Gasteiger partial charge < -0.3 is 25.4 Å². The third kappa shape index (κ3) is 10.5. The highest BCUT2D eigenvalue weighted by Gasteiger charge is 2.43. The summed E-state index contributed by atoms with van der Waals surface area (Å²) in [7, 11) is 0. The fraction of sp³-hybridized carbons (Fsp3) is 0.741. The van der Waals surface area contributed by atoms with Crippen LogP contribution in [-0.2, 0) is 9.53 Å². The van der Waals surface area contributed by atoms with Crippen LogP contribution >= 0.6 is 0 Å². The molecule has 0 bridgehead atoms. The Morgan fingerprint density at radius 1 is 1.00 bits per heavy atom. The summed E-state index contributed by atoms with van der Waals surface area (Å²) in [5, 5.41) is 31.7. The molecule has 1 aliphatic heterocycles. The van der Waals surface area contributed by atoms with E-state index in [1.54, 1.807) is 0 Å². The zero-order valence-electron chi connectivity index (χ0n) is 21.7. The van der Waals surface area contributed by atoms with Crippen LogP contribution in [0.25, 0.3) is 0 Å². The molecule has 1 saturated heterocycles. The summed E-state index contributed by atoms with van der Waals surface area (Å²) in [4.78, 5) is 28.3. The number of ether oxygens (including phenoxy) is 1. The molecule has 9 nitrogen and oxygen atoms in total. The Kier molecular flexibility index (Phi) is 14.6. The predicted molar refractivity (Wildman–Crippen MR) is 140 cm³/mol. The number of hydrogen-bond acceptors (Lipinski definition) is 7. The molecule has 0 radical (unpaired) electrons. The molecular weight excluding hydrogens is 462 g/mol. The summed E-state index contributed by atoms with van der Waals surface area (Å²) in [5.74, 6) is -0.0778. The van der Waals surface area contributed by atoms with Crippen molar-refractivity contribution < 1.29 is 24.9 Å². The Bertz CT molecular complexity index is 843. The average Bonchev–Trinajstić information content (AvgIpc) is 3.15. The van der Waals surface area contributed by atoms with Gasteiger partial charge >= 0.3 is 5.69 Å². The number of anilines is 1. The zero-order valence-corrected chi connectivity index (χ0v) is 21.7. The molecule has 4 N–H and O–H groups in total. The molecule has 0 saturated carbocycles. The molecule has 0 aliphatic carbocycles. The third-order valence-corrected chi connectivity index (χ3v) is 6.55. The lowest BCUT2D eigenvalue weighted by Crippen LogP contribution is -2.36. The maximum absolute atomic E-state index is 12.3. The fourth-order valence-corrected chi connectivity index (χ4v) is 4.35. The van der Waals surface area contributed by atoms with Crippen molar-refractivity contribution in [2.24, 2.45) is 0 Å². The third-order valence-electron chi connectivity index (χ3n) is 6.55. The summed E-state index contributed by atoms with van der Waals surface area (Å²) >= 11 is 0. The highest BCUT2D eigenvalue weighted by molar-refractivity contribution is 5.89. The fourth-order valence-electron chi connectivity index (χ4n) is 4.35. The van der Waals surface area contributed by atoms with Crippen molar-refractivity contribution in [3.05, 3.63) is 34.9 Å². The van der Waals surface area contributed by atoms with Crippen LogP contribution in [-0.4, -0.2) is 55.7 Å². The van der Waals surface area contributed by atoms with Crippen molar-refractivity contribution in [1.29, 1.82) is 0 Å². The SMILES string of the molecule is CCCCCCCCC=CCCCCCCCC(=O)Nc1ccn([C@@H]2O[C@H](CO)[C@@H](O)[C@@H]2O)c(=O)n1. The van der Waals surface area contributed by atoms with Crippen LogP contribution in [0.1, 0.15) is 103 Å². The lowest BCUT2D eigenvalue weighted by atomic mass is 10.1. The maximum atomic E-state index is 12.3. The second kappa shape index (κ2) is 17.4. The van der Waals surface area contributed by atoms with E-state index in [1.807, 2.05) is 0 Å². The Morgan fingerprint density at radius 3 is 2.19 bits per heavy atom. The highest BCUT2D eigenvalue weighted by Crippen LogP contribution is 2.28. The topological polar surface area (TPSA) is 134 Å². The van der Waals surface area contributed by atoms with E-state index in [-0.39, 0.29) is 11.7 Å². The van der Waals surface area contributed by atoms with Crippen molar-refractivity contribution in [3.63, 3.8) is 0 Å². The summed E-state index contributed by atoms with van der Waals surface area (Å²) in [6, 6.07) is 1.44. The minimum absolute atomic E-state index is 0.126. The molecule has 0 spiro atoms. The van der Waals surface area contributed by atoms with E-state index in [9.17, 15) is 24.9 Å². The standard InChI is InChI=1S/C27H45N3O6/c1-2-3-4-5-6-7-8-9-10-11-12-13-14-15-16-17-23(32)28-22-18-19-30(27(35)29-22)26-25(34)24(33)21(20-31)36-26/h9-10,18-19,21,24-26,31,33-34H,2-8,11-17,20H2,1H3,(H,28,29,32,35)/t21-,24-,25+,26-/m1/s1. The van der Waals surface area contributed by atoms with Gasteiger partial charge in [0.2, 0.25) is 5.91 Å².